The van der Waals surface area contributed by atoms with E-state index in [2.05, 4.69) is 9.80 Å². The Morgan fingerprint density at radius 1 is 1.11 bits per heavy atom. The van der Waals surface area contributed by atoms with Gasteiger partial charge in [-0.1, -0.05) is 0 Å². The predicted octanol–water partition coefficient (Wildman–Crippen LogP) is 1.11. The molecule has 1 amide bonds. The summed E-state index contributed by atoms with van der Waals surface area (Å²) in [4.78, 5) is 17.0. The van der Waals surface area contributed by atoms with Gasteiger partial charge in [-0.05, 0) is 38.6 Å². The van der Waals surface area contributed by atoms with Gasteiger partial charge in [-0.3, -0.25) is 9.69 Å². The number of hydrogen-bond acceptors (Lipinski definition) is 3. The molecule has 18 heavy (non-hydrogen) atoms. The van der Waals surface area contributed by atoms with Crippen molar-refractivity contribution in [2.75, 3.05) is 39.3 Å². The second-order valence-corrected chi connectivity index (χ2v) is 5.94. The molecule has 3 aliphatic rings. The normalized spacial score (nSPS) is 33.4. The van der Waals surface area contributed by atoms with Gasteiger partial charge >= 0.3 is 0 Å². The zero-order chi connectivity index (χ0) is 12.4. The second kappa shape index (κ2) is 5.57. The third-order valence-electron chi connectivity index (χ3n) is 4.39. The Hall–Kier alpha value is -0.610. The third-order valence-corrected chi connectivity index (χ3v) is 4.39. The molecule has 3 heterocycles. The van der Waals surface area contributed by atoms with Crippen LogP contribution in [0.25, 0.3) is 0 Å². The van der Waals surface area contributed by atoms with Crippen LogP contribution >= 0.6 is 0 Å². The highest BCUT2D eigenvalue weighted by molar-refractivity contribution is 5.79. The average molecular weight is 252 g/mol. The first-order chi connectivity index (χ1) is 8.83. The molecule has 4 nitrogen and oxygen atoms in total. The minimum atomic E-state index is 0.246. The van der Waals surface area contributed by atoms with Gasteiger partial charge in [0.2, 0.25) is 5.91 Å². The molecule has 0 N–H and O–H groups in total. The van der Waals surface area contributed by atoms with Gasteiger partial charge in [-0.25, -0.2) is 0 Å². The molecular formula is C14H24N2O2. The molecule has 4 heteroatoms. The molecule has 0 saturated carbocycles. The molecule has 0 unspecified atom stereocenters. The minimum absolute atomic E-state index is 0.246. The van der Waals surface area contributed by atoms with Crippen molar-refractivity contribution in [1.82, 2.24) is 9.80 Å². The van der Waals surface area contributed by atoms with Crippen LogP contribution in [0.1, 0.15) is 32.1 Å². The van der Waals surface area contributed by atoms with Gasteiger partial charge < -0.3 is 9.64 Å². The summed E-state index contributed by atoms with van der Waals surface area (Å²) in [7, 11) is 0. The highest BCUT2D eigenvalue weighted by Crippen LogP contribution is 2.22. The van der Waals surface area contributed by atoms with Crippen LogP contribution in [0.15, 0.2) is 0 Å². The fourth-order valence-corrected chi connectivity index (χ4v) is 3.26. The molecule has 3 saturated heterocycles. The van der Waals surface area contributed by atoms with Crippen molar-refractivity contribution >= 4 is 5.91 Å². The van der Waals surface area contributed by atoms with Gasteiger partial charge in [-0.15, -0.1) is 0 Å². The van der Waals surface area contributed by atoms with Crippen LogP contribution in [0, 0.1) is 5.92 Å². The van der Waals surface area contributed by atoms with Crippen LogP contribution in [0.4, 0.5) is 0 Å². The minimum Gasteiger partial charge on any atom is -0.372 e. The van der Waals surface area contributed by atoms with Crippen molar-refractivity contribution < 1.29 is 9.53 Å². The van der Waals surface area contributed by atoms with Crippen LogP contribution < -0.4 is 0 Å². The maximum Gasteiger partial charge on any atom is 0.226 e. The van der Waals surface area contributed by atoms with E-state index in [4.69, 9.17) is 4.74 Å². The number of piperidine rings is 2. The maximum atomic E-state index is 12.5. The number of rotatable bonds is 3. The molecule has 0 radical (unpaired) electrons. The zero-order valence-corrected chi connectivity index (χ0v) is 11.1. The number of carbonyl (C=O) groups is 1. The highest BCUT2D eigenvalue weighted by Gasteiger charge is 2.32. The van der Waals surface area contributed by atoms with E-state index in [-0.39, 0.29) is 5.92 Å². The summed E-state index contributed by atoms with van der Waals surface area (Å²) in [6.07, 6.45) is 6.37. The summed E-state index contributed by atoms with van der Waals surface area (Å²) in [6, 6.07) is 0. The summed E-state index contributed by atoms with van der Waals surface area (Å²) in [5.41, 5.74) is 0. The molecule has 3 rings (SSSR count). The Bertz CT molecular complexity index is 298. The van der Waals surface area contributed by atoms with Crippen LogP contribution in [0.2, 0.25) is 0 Å². The lowest BCUT2D eigenvalue weighted by Crippen LogP contribution is -2.47. The van der Waals surface area contributed by atoms with E-state index in [1.807, 2.05) is 0 Å². The summed E-state index contributed by atoms with van der Waals surface area (Å²) in [6.45, 7) is 6.02. The Kier molecular flexibility index (Phi) is 3.85. The largest absolute Gasteiger partial charge is 0.372 e. The first kappa shape index (κ1) is 12.4. The molecule has 3 aliphatic heterocycles. The molecule has 102 valence electrons. The topological polar surface area (TPSA) is 36.1 Å². The lowest BCUT2D eigenvalue weighted by atomic mass is 9.95. The molecule has 0 aliphatic carbocycles. The number of hydrogen-bond donors (Lipinski definition) is 0. The second-order valence-electron chi connectivity index (χ2n) is 5.94. The highest BCUT2D eigenvalue weighted by atomic mass is 16.6. The van der Waals surface area contributed by atoms with Gasteiger partial charge in [0.05, 0.1) is 18.6 Å². The van der Waals surface area contributed by atoms with Gasteiger partial charge in [0.1, 0.15) is 0 Å². The van der Waals surface area contributed by atoms with Crippen molar-refractivity contribution in [3.8, 4) is 0 Å². The summed E-state index contributed by atoms with van der Waals surface area (Å²) >= 11 is 0. The fourth-order valence-electron chi connectivity index (χ4n) is 3.26. The molecule has 0 bridgehead atoms. The number of amides is 1. The predicted molar refractivity (Wildman–Crippen MR) is 69.3 cm³/mol. The summed E-state index contributed by atoms with van der Waals surface area (Å²) in [5.74, 6) is 0.659. The standard InChI is InChI=1S/C14H24N2O2/c17-14(16-7-2-1-3-8-16)12-5-4-6-15(9-12)10-13-11-18-13/h12-13H,1-11H2/t12-,13+/m0/s1. The zero-order valence-electron chi connectivity index (χ0n) is 11.1. The monoisotopic (exact) mass is 252 g/mol. The van der Waals surface area contributed by atoms with Crippen molar-refractivity contribution in [1.29, 1.82) is 0 Å². The van der Waals surface area contributed by atoms with Crippen molar-refractivity contribution in [3.63, 3.8) is 0 Å². The SMILES string of the molecule is O=C([C@H]1CCCN(C[C@@H]2CO2)C1)N1CCCCC1. The number of ether oxygens (including phenoxy) is 1. The molecule has 3 fully saturated rings. The lowest BCUT2D eigenvalue weighted by Gasteiger charge is -2.36. The first-order valence-corrected chi connectivity index (χ1v) is 7.45. The number of nitrogens with zero attached hydrogens (tertiary/aromatic N) is 2. The molecule has 0 aromatic rings. The van der Waals surface area contributed by atoms with E-state index in [1.54, 1.807) is 0 Å². The maximum absolute atomic E-state index is 12.5. The third kappa shape index (κ3) is 3.04. The molecule has 2 atom stereocenters. The molecule has 0 spiro atoms. The molecular weight excluding hydrogens is 228 g/mol. The van der Waals surface area contributed by atoms with Crippen molar-refractivity contribution in [2.45, 2.75) is 38.2 Å². The van der Waals surface area contributed by atoms with Crippen LogP contribution in [0.5, 0.6) is 0 Å². The van der Waals surface area contributed by atoms with E-state index in [0.717, 1.165) is 52.2 Å². The van der Waals surface area contributed by atoms with Gasteiger partial charge in [0.15, 0.2) is 0 Å². The van der Waals surface area contributed by atoms with E-state index in [0.29, 0.717) is 12.0 Å². The van der Waals surface area contributed by atoms with E-state index >= 15 is 0 Å². The summed E-state index contributed by atoms with van der Waals surface area (Å²) in [5, 5.41) is 0. The molecule has 0 aromatic heterocycles. The van der Waals surface area contributed by atoms with Crippen LogP contribution in [0.3, 0.4) is 0 Å². The fraction of sp³-hybridized carbons (Fsp3) is 0.929. The Balaban J connectivity index is 1.51. The van der Waals surface area contributed by atoms with Crippen LogP contribution in [-0.4, -0.2) is 61.1 Å². The molecule has 0 aromatic carbocycles. The van der Waals surface area contributed by atoms with Gasteiger partial charge in [0.25, 0.3) is 0 Å². The number of epoxide rings is 1. The number of likely N-dealkylation sites (tertiary alicyclic amines) is 2. The van der Waals surface area contributed by atoms with Crippen molar-refractivity contribution in [3.05, 3.63) is 0 Å². The summed E-state index contributed by atoms with van der Waals surface area (Å²) < 4.78 is 5.29. The van der Waals surface area contributed by atoms with E-state index < -0.39 is 0 Å². The van der Waals surface area contributed by atoms with Gasteiger partial charge in [-0.2, -0.15) is 0 Å². The smallest absolute Gasteiger partial charge is 0.226 e. The Morgan fingerprint density at radius 2 is 1.89 bits per heavy atom. The van der Waals surface area contributed by atoms with E-state index in [1.165, 1.54) is 19.3 Å². The average Bonchev–Trinajstić information content (AvgIpc) is 3.23. The Labute approximate surface area is 109 Å². The Morgan fingerprint density at radius 3 is 2.61 bits per heavy atom. The van der Waals surface area contributed by atoms with Crippen LogP contribution in [-0.2, 0) is 9.53 Å². The van der Waals surface area contributed by atoms with E-state index in [9.17, 15) is 4.79 Å². The number of carbonyl (C=O) groups excluding carboxylic acids is 1. The quantitative estimate of drug-likeness (QED) is 0.706. The van der Waals surface area contributed by atoms with Crippen molar-refractivity contribution in [2.24, 2.45) is 5.92 Å². The lowest BCUT2D eigenvalue weighted by molar-refractivity contribution is -0.138. The first-order valence-electron chi connectivity index (χ1n) is 7.45. The van der Waals surface area contributed by atoms with Gasteiger partial charge in [0, 0.05) is 26.2 Å².